The van der Waals surface area contributed by atoms with Crippen LogP contribution in [0.25, 0.3) is 0 Å². The van der Waals surface area contributed by atoms with Gasteiger partial charge in [-0.25, -0.2) is 4.39 Å². The van der Waals surface area contributed by atoms with Gasteiger partial charge in [0.1, 0.15) is 0 Å². The molecular formula is C15H27FN2O3. The molecule has 0 aliphatic heterocycles. The van der Waals surface area contributed by atoms with Crippen molar-refractivity contribution in [2.45, 2.75) is 51.2 Å². The first-order valence-electron chi connectivity index (χ1n) is 7.67. The van der Waals surface area contributed by atoms with Crippen LogP contribution in [-0.2, 0) is 9.53 Å². The fourth-order valence-corrected chi connectivity index (χ4v) is 2.45. The van der Waals surface area contributed by atoms with Crippen LogP contribution in [0.4, 0.5) is 4.39 Å². The van der Waals surface area contributed by atoms with Crippen molar-refractivity contribution in [3.8, 4) is 0 Å². The van der Waals surface area contributed by atoms with Crippen LogP contribution >= 0.6 is 0 Å². The highest BCUT2D eigenvalue weighted by Crippen LogP contribution is 2.27. The zero-order valence-corrected chi connectivity index (χ0v) is 12.7. The first kappa shape index (κ1) is 18.1. The second kappa shape index (κ2) is 9.87. The Morgan fingerprint density at radius 1 is 1.52 bits per heavy atom. The fraction of sp³-hybridized carbons (Fsp3) is 0.800. The average molecular weight is 302 g/mol. The largest absolute Gasteiger partial charge is 0.392 e. The van der Waals surface area contributed by atoms with Gasteiger partial charge < -0.3 is 20.9 Å². The van der Waals surface area contributed by atoms with Crippen molar-refractivity contribution in [2.24, 2.45) is 11.7 Å². The van der Waals surface area contributed by atoms with E-state index in [1.165, 1.54) is 0 Å². The first-order valence-corrected chi connectivity index (χ1v) is 7.67. The zero-order valence-electron chi connectivity index (χ0n) is 12.7. The van der Waals surface area contributed by atoms with Crippen LogP contribution in [0.3, 0.4) is 0 Å². The maximum atomic E-state index is 12.4. The van der Waals surface area contributed by atoms with Crippen LogP contribution in [0.5, 0.6) is 0 Å². The molecule has 0 aromatic rings. The molecule has 0 aromatic carbocycles. The summed E-state index contributed by atoms with van der Waals surface area (Å²) in [7, 11) is 0. The number of ether oxygens (including phenoxy) is 1. The van der Waals surface area contributed by atoms with Crippen molar-refractivity contribution < 1.29 is 19.0 Å². The molecule has 0 spiro atoms. The van der Waals surface area contributed by atoms with Crippen LogP contribution in [0.1, 0.15) is 39.0 Å². The van der Waals surface area contributed by atoms with Gasteiger partial charge in [-0.3, -0.25) is 4.79 Å². The fourth-order valence-electron chi connectivity index (χ4n) is 2.45. The predicted octanol–water partition coefficient (Wildman–Crippen LogP) is 1.26. The van der Waals surface area contributed by atoms with Gasteiger partial charge in [-0.05, 0) is 24.8 Å². The van der Waals surface area contributed by atoms with E-state index in [0.717, 1.165) is 12.8 Å². The van der Waals surface area contributed by atoms with Crippen LogP contribution in [0.2, 0.25) is 0 Å². The van der Waals surface area contributed by atoms with Crippen LogP contribution < -0.4 is 11.1 Å². The molecule has 0 saturated heterocycles. The number of nitrogens with one attached hydrogen (secondary N) is 1. The van der Waals surface area contributed by atoms with Gasteiger partial charge in [0.25, 0.3) is 0 Å². The number of hydrogen-bond donors (Lipinski definition) is 3. The van der Waals surface area contributed by atoms with Gasteiger partial charge in [0, 0.05) is 19.5 Å². The lowest BCUT2D eigenvalue weighted by Gasteiger charge is -2.32. The van der Waals surface area contributed by atoms with Crippen molar-refractivity contribution in [3.05, 3.63) is 11.9 Å². The standard InChI is InChI=1S/C15H27FN2O3/c1-2-3-6-18-15(20)13-5-4-12(7-14(13)19)21-10-11(8-16)9-17/h8,12-14,19H,2-7,9-10,17H2,1H3,(H,18,20)/b11-8+/t12-,13?,14?/m1/s1. The molecule has 0 aromatic heterocycles. The minimum atomic E-state index is -0.707. The molecule has 3 atom stereocenters. The van der Waals surface area contributed by atoms with Gasteiger partial charge in [-0.1, -0.05) is 13.3 Å². The Balaban J connectivity index is 2.34. The number of carbonyl (C=O) groups excluding carboxylic acids is 1. The maximum Gasteiger partial charge on any atom is 0.225 e. The lowest BCUT2D eigenvalue weighted by atomic mass is 9.84. The lowest BCUT2D eigenvalue weighted by molar-refractivity contribution is -0.132. The van der Waals surface area contributed by atoms with E-state index in [0.29, 0.717) is 37.7 Å². The molecule has 0 bridgehead atoms. The topological polar surface area (TPSA) is 84.6 Å². The average Bonchev–Trinajstić information content (AvgIpc) is 2.48. The Morgan fingerprint density at radius 3 is 2.86 bits per heavy atom. The molecule has 4 N–H and O–H groups in total. The van der Waals surface area contributed by atoms with E-state index in [1.807, 2.05) is 0 Å². The summed E-state index contributed by atoms with van der Waals surface area (Å²) in [6.07, 6.45) is 3.24. The molecule has 1 aliphatic rings. The number of halogens is 1. The molecule has 0 radical (unpaired) electrons. The molecule has 1 fully saturated rings. The lowest BCUT2D eigenvalue weighted by Crippen LogP contribution is -2.43. The normalized spacial score (nSPS) is 26.7. The summed E-state index contributed by atoms with van der Waals surface area (Å²) in [5.74, 6) is -0.451. The van der Waals surface area contributed by atoms with E-state index >= 15 is 0 Å². The van der Waals surface area contributed by atoms with Gasteiger partial charge in [0.15, 0.2) is 0 Å². The van der Waals surface area contributed by atoms with Crippen molar-refractivity contribution in [1.29, 1.82) is 0 Å². The Hall–Kier alpha value is -0.980. The Kier molecular flexibility index (Phi) is 8.49. The molecule has 21 heavy (non-hydrogen) atoms. The summed E-state index contributed by atoms with van der Waals surface area (Å²) in [6.45, 7) is 2.97. The summed E-state index contributed by atoms with van der Waals surface area (Å²) < 4.78 is 17.9. The summed E-state index contributed by atoms with van der Waals surface area (Å²) in [4.78, 5) is 12.0. The number of carbonyl (C=O) groups is 1. The van der Waals surface area contributed by atoms with E-state index in [9.17, 15) is 14.3 Å². The molecule has 5 nitrogen and oxygen atoms in total. The summed E-state index contributed by atoms with van der Waals surface area (Å²) >= 11 is 0. The van der Waals surface area contributed by atoms with Crippen molar-refractivity contribution in [1.82, 2.24) is 5.32 Å². The van der Waals surface area contributed by atoms with E-state index in [1.54, 1.807) is 0 Å². The Labute approximate surface area is 125 Å². The van der Waals surface area contributed by atoms with E-state index in [2.05, 4.69) is 12.2 Å². The monoisotopic (exact) mass is 302 g/mol. The SMILES string of the molecule is CCCCNC(=O)C1CC[C@@H](OC/C(=C/F)CN)CC1O. The number of nitrogens with two attached hydrogens (primary N) is 1. The second-order valence-electron chi connectivity index (χ2n) is 5.54. The third-order valence-electron chi connectivity index (χ3n) is 3.86. The van der Waals surface area contributed by atoms with Crippen molar-refractivity contribution in [3.63, 3.8) is 0 Å². The Bertz CT molecular complexity index is 350. The number of unbranched alkanes of at least 4 members (excludes halogenated alkanes) is 1. The van der Waals surface area contributed by atoms with Gasteiger partial charge in [-0.2, -0.15) is 0 Å². The van der Waals surface area contributed by atoms with Crippen LogP contribution in [0, 0.1) is 5.92 Å². The molecule has 1 amide bonds. The molecule has 2 unspecified atom stereocenters. The smallest absolute Gasteiger partial charge is 0.225 e. The number of hydrogen-bond acceptors (Lipinski definition) is 4. The highest BCUT2D eigenvalue weighted by atomic mass is 19.1. The van der Waals surface area contributed by atoms with Crippen LogP contribution in [0.15, 0.2) is 11.9 Å². The summed E-state index contributed by atoms with van der Waals surface area (Å²) in [6, 6.07) is 0. The third-order valence-corrected chi connectivity index (χ3v) is 3.86. The highest BCUT2D eigenvalue weighted by molar-refractivity contribution is 5.79. The summed E-state index contributed by atoms with van der Waals surface area (Å²) in [5, 5.41) is 12.9. The first-order chi connectivity index (χ1) is 10.1. The molecule has 0 heterocycles. The molecule has 122 valence electrons. The predicted molar refractivity (Wildman–Crippen MR) is 79.3 cm³/mol. The van der Waals surface area contributed by atoms with Gasteiger partial charge in [0.2, 0.25) is 5.91 Å². The zero-order chi connectivity index (χ0) is 15.7. The number of rotatable bonds is 8. The Morgan fingerprint density at radius 2 is 2.29 bits per heavy atom. The van der Waals surface area contributed by atoms with Crippen LogP contribution in [-0.4, -0.2) is 42.9 Å². The number of aliphatic hydroxyl groups excluding tert-OH is 1. The van der Waals surface area contributed by atoms with Gasteiger partial charge in [0.05, 0.1) is 31.1 Å². The second-order valence-corrected chi connectivity index (χ2v) is 5.54. The van der Waals surface area contributed by atoms with Gasteiger partial charge in [-0.15, -0.1) is 0 Å². The molecule has 1 rings (SSSR count). The molecule has 1 saturated carbocycles. The van der Waals surface area contributed by atoms with Crippen molar-refractivity contribution in [2.75, 3.05) is 19.7 Å². The number of amides is 1. The molecular weight excluding hydrogens is 275 g/mol. The van der Waals surface area contributed by atoms with E-state index in [4.69, 9.17) is 10.5 Å². The third kappa shape index (κ3) is 6.11. The summed E-state index contributed by atoms with van der Waals surface area (Å²) in [5.41, 5.74) is 5.75. The minimum Gasteiger partial charge on any atom is -0.392 e. The molecule has 1 aliphatic carbocycles. The minimum absolute atomic E-state index is 0.0827. The van der Waals surface area contributed by atoms with Crippen molar-refractivity contribution >= 4 is 5.91 Å². The maximum absolute atomic E-state index is 12.4. The van der Waals surface area contributed by atoms with E-state index in [-0.39, 0.29) is 31.1 Å². The van der Waals surface area contributed by atoms with Gasteiger partial charge >= 0.3 is 0 Å². The van der Waals surface area contributed by atoms with E-state index < -0.39 is 6.10 Å². The number of aliphatic hydroxyl groups is 1. The molecule has 6 heteroatoms. The quantitative estimate of drug-likeness (QED) is 0.589. The highest BCUT2D eigenvalue weighted by Gasteiger charge is 2.34.